The van der Waals surface area contributed by atoms with E-state index in [-0.39, 0.29) is 0 Å². The van der Waals surface area contributed by atoms with Crippen molar-refractivity contribution in [2.45, 2.75) is 13.5 Å². The van der Waals surface area contributed by atoms with Gasteiger partial charge in [-0.15, -0.1) is 0 Å². The minimum absolute atomic E-state index is 0.507. The highest BCUT2D eigenvalue weighted by Crippen LogP contribution is 2.32. The van der Waals surface area contributed by atoms with Crippen molar-refractivity contribution >= 4 is 22.4 Å². The molecule has 0 N–H and O–H groups in total. The second-order valence-electron chi connectivity index (χ2n) is 4.68. The van der Waals surface area contributed by atoms with Gasteiger partial charge in [0.25, 0.3) is 0 Å². The molecule has 0 bridgehead atoms. The summed E-state index contributed by atoms with van der Waals surface area (Å²) in [5.41, 5.74) is 2.24. The summed E-state index contributed by atoms with van der Waals surface area (Å²) in [5.74, 6) is 0.871. The molecular weight excluding hydrogens is 270 g/mol. The molecule has 0 radical (unpaired) electrons. The monoisotopic (exact) mass is 283 g/mol. The number of rotatable bonds is 3. The topological polar surface area (TPSA) is 22.1 Å². The van der Waals surface area contributed by atoms with Crippen molar-refractivity contribution in [2.75, 3.05) is 0 Å². The molecule has 0 unspecified atom stereocenters. The van der Waals surface area contributed by atoms with E-state index < -0.39 is 0 Å². The molecule has 1 aromatic heterocycles. The van der Waals surface area contributed by atoms with Crippen LogP contribution >= 0.6 is 11.6 Å². The molecule has 3 rings (SSSR count). The number of ether oxygens (including phenoxy) is 1. The van der Waals surface area contributed by atoms with E-state index in [4.69, 9.17) is 16.3 Å². The van der Waals surface area contributed by atoms with Crippen LogP contribution in [0.5, 0.6) is 5.75 Å². The van der Waals surface area contributed by atoms with Gasteiger partial charge in [0.15, 0.2) is 0 Å². The minimum atomic E-state index is 0.507. The zero-order valence-corrected chi connectivity index (χ0v) is 11.9. The van der Waals surface area contributed by atoms with Gasteiger partial charge >= 0.3 is 0 Å². The van der Waals surface area contributed by atoms with Crippen molar-refractivity contribution in [2.24, 2.45) is 0 Å². The number of pyridine rings is 1. The molecule has 0 amide bonds. The van der Waals surface area contributed by atoms with Gasteiger partial charge in [-0.05, 0) is 24.1 Å². The third-order valence-corrected chi connectivity index (χ3v) is 3.57. The first-order valence-electron chi connectivity index (χ1n) is 6.46. The Kier molecular flexibility index (Phi) is 3.57. The number of hydrogen-bond acceptors (Lipinski definition) is 2. The maximum atomic E-state index is 6.13. The standard InChI is InChI=1S/C17H14ClNO/c1-12-7-8-15-14(9-10-19-17(15)18)16(12)20-11-13-5-3-2-4-6-13/h2-10H,11H2,1H3. The van der Waals surface area contributed by atoms with Crippen LogP contribution in [0.4, 0.5) is 0 Å². The Morgan fingerprint density at radius 3 is 2.60 bits per heavy atom. The lowest BCUT2D eigenvalue weighted by atomic mass is 10.1. The lowest BCUT2D eigenvalue weighted by Crippen LogP contribution is -1.98. The summed E-state index contributed by atoms with van der Waals surface area (Å²) in [6, 6.07) is 16.0. The molecule has 20 heavy (non-hydrogen) atoms. The number of nitrogens with zero attached hydrogens (tertiary/aromatic N) is 1. The largest absolute Gasteiger partial charge is 0.488 e. The third-order valence-electron chi connectivity index (χ3n) is 3.27. The lowest BCUT2D eigenvalue weighted by Gasteiger charge is -2.12. The Labute approximate surface area is 123 Å². The van der Waals surface area contributed by atoms with Gasteiger partial charge < -0.3 is 4.74 Å². The number of aryl methyl sites for hydroxylation is 1. The minimum Gasteiger partial charge on any atom is -0.488 e. The van der Waals surface area contributed by atoms with Crippen LogP contribution in [0.25, 0.3) is 10.8 Å². The number of fused-ring (bicyclic) bond motifs is 1. The van der Waals surface area contributed by atoms with Crippen molar-refractivity contribution in [3.8, 4) is 5.75 Å². The predicted molar refractivity (Wildman–Crippen MR) is 82.3 cm³/mol. The summed E-state index contributed by atoms with van der Waals surface area (Å²) in [6.07, 6.45) is 1.71. The highest BCUT2D eigenvalue weighted by atomic mass is 35.5. The zero-order valence-electron chi connectivity index (χ0n) is 11.1. The van der Waals surface area contributed by atoms with Gasteiger partial charge in [0, 0.05) is 17.0 Å². The molecule has 0 spiro atoms. The van der Waals surface area contributed by atoms with Gasteiger partial charge in [-0.2, -0.15) is 0 Å². The molecule has 0 aliphatic heterocycles. The maximum absolute atomic E-state index is 6.13. The molecule has 0 saturated carbocycles. The summed E-state index contributed by atoms with van der Waals surface area (Å²) in [6.45, 7) is 2.58. The molecule has 0 atom stereocenters. The molecule has 3 aromatic rings. The molecule has 0 aliphatic rings. The van der Waals surface area contributed by atoms with E-state index in [1.807, 2.05) is 43.3 Å². The number of aromatic nitrogens is 1. The molecule has 0 fully saturated rings. The summed E-state index contributed by atoms with van der Waals surface area (Å²) in [5, 5.41) is 2.43. The van der Waals surface area contributed by atoms with Gasteiger partial charge in [-0.1, -0.05) is 54.1 Å². The molecule has 2 aromatic carbocycles. The Morgan fingerprint density at radius 1 is 1.00 bits per heavy atom. The zero-order chi connectivity index (χ0) is 13.9. The second-order valence-corrected chi connectivity index (χ2v) is 5.04. The Morgan fingerprint density at radius 2 is 1.80 bits per heavy atom. The molecule has 100 valence electrons. The van der Waals surface area contributed by atoms with Crippen LogP contribution in [0.1, 0.15) is 11.1 Å². The summed E-state index contributed by atoms with van der Waals surface area (Å²) >= 11 is 6.13. The van der Waals surface area contributed by atoms with Gasteiger partial charge in [-0.25, -0.2) is 4.98 Å². The first kappa shape index (κ1) is 12.9. The van der Waals surface area contributed by atoms with E-state index in [2.05, 4.69) is 17.1 Å². The van der Waals surface area contributed by atoms with Crippen molar-refractivity contribution in [1.29, 1.82) is 0 Å². The maximum Gasteiger partial charge on any atom is 0.136 e. The molecular formula is C17H14ClNO. The van der Waals surface area contributed by atoms with Gasteiger partial charge in [0.1, 0.15) is 17.5 Å². The van der Waals surface area contributed by atoms with Crippen LogP contribution in [-0.2, 0) is 6.61 Å². The highest BCUT2D eigenvalue weighted by molar-refractivity contribution is 6.34. The van der Waals surface area contributed by atoms with Gasteiger partial charge in [0.05, 0.1) is 0 Å². The van der Waals surface area contributed by atoms with Crippen molar-refractivity contribution in [3.63, 3.8) is 0 Å². The number of halogens is 1. The van der Waals surface area contributed by atoms with Crippen LogP contribution in [0, 0.1) is 6.92 Å². The van der Waals surface area contributed by atoms with E-state index in [9.17, 15) is 0 Å². The first-order chi connectivity index (χ1) is 9.75. The Hall–Kier alpha value is -2.06. The second kappa shape index (κ2) is 5.51. The number of hydrogen-bond donors (Lipinski definition) is 0. The van der Waals surface area contributed by atoms with Crippen LogP contribution in [-0.4, -0.2) is 4.98 Å². The SMILES string of the molecule is Cc1ccc2c(Cl)nccc2c1OCc1ccccc1. The van der Waals surface area contributed by atoms with Crippen LogP contribution in [0.2, 0.25) is 5.15 Å². The van der Waals surface area contributed by atoms with Crippen LogP contribution in [0.15, 0.2) is 54.7 Å². The Balaban J connectivity index is 1.98. The number of benzene rings is 2. The fourth-order valence-corrected chi connectivity index (χ4v) is 2.44. The summed E-state index contributed by atoms with van der Waals surface area (Å²) in [7, 11) is 0. The van der Waals surface area contributed by atoms with E-state index in [0.717, 1.165) is 27.6 Å². The van der Waals surface area contributed by atoms with E-state index in [0.29, 0.717) is 11.8 Å². The fraction of sp³-hybridized carbons (Fsp3) is 0.118. The van der Waals surface area contributed by atoms with Gasteiger partial charge in [-0.3, -0.25) is 0 Å². The molecule has 0 saturated heterocycles. The average molecular weight is 284 g/mol. The van der Waals surface area contributed by atoms with E-state index >= 15 is 0 Å². The molecule has 3 heteroatoms. The normalized spacial score (nSPS) is 10.7. The van der Waals surface area contributed by atoms with Crippen molar-refractivity contribution in [3.05, 3.63) is 71.0 Å². The molecule has 1 heterocycles. The quantitative estimate of drug-likeness (QED) is 0.646. The predicted octanol–water partition coefficient (Wildman–Crippen LogP) is 4.78. The van der Waals surface area contributed by atoms with Crippen LogP contribution < -0.4 is 4.74 Å². The lowest BCUT2D eigenvalue weighted by molar-refractivity contribution is 0.308. The fourth-order valence-electron chi connectivity index (χ4n) is 2.22. The van der Waals surface area contributed by atoms with Crippen molar-refractivity contribution in [1.82, 2.24) is 4.98 Å². The average Bonchev–Trinajstić information content (AvgIpc) is 2.47. The molecule has 0 aliphatic carbocycles. The van der Waals surface area contributed by atoms with Crippen molar-refractivity contribution < 1.29 is 4.74 Å². The third kappa shape index (κ3) is 2.47. The van der Waals surface area contributed by atoms with E-state index in [1.165, 1.54) is 0 Å². The van der Waals surface area contributed by atoms with Crippen LogP contribution in [0.3, 0.4) is 0 Å². The highest BCUT2D eigenvalue weighted by Gasteiger charge is 2.09. The first-order valence-corrected chi connectivity index (χ1v) is 6.84. The van der Waals surface area contributed by atoms with Gasteiger partial charge in [0.2, 0.25) is 0 Å². The molecule has 2 nitrogen and oxygen atoms in total. The summed E-state index contributed by atoms with van der Waals surface area (Å²) < 4.78 is 6.00. The van der Waals surface area contributed by atoms with E-state index in [1.54, 1.807) is 6.20 Å². The Bertz CT molecular complexity index is 741. The summed E-state index contributed by atoms with van der Waals surface area (Å²) in [4.78, 5) is 4.11. The smallest absolute Gasteiger partial charge is 0.136 e.